The lowest BCUT2D eigenvalue weighted by atomic mass is 10.1. The Labute approximate surface area is 137 Å². The van der Waals surface area contributed by atoms with Crippen molar-refractivity contribution < 1.29 is 23.1 Å². The number of carbonyl (C=O) groups is 2. The topological polar surface area (TPSA) is 101 Å². The van der Waals surface area contributed by atoms with Gasteiger partial charge in [-0.3, -0.25) is 9.59 Å². The minimum absolute atomic E-state index is 0.00640. The van der Waals surface area contributed by atoms with Crippen molar-refractivity contribution in [1.82, 2.24) is 4.72 Å². The van der Waals surface area contributed by atoms with Gasteiger partial charge < -0.3 is 5.11 Å². The Hall–Kier alpha value is -1.73. The fourth-order valence-corrected chi connectivity index (χ4v) is 3.17. The summed E-state index contributed by atoms with van der Waals surface area (Å²) in [5.41, 5.74) is 1.44. The van der Waals surface area contributed by atoms with Gasteiger partial charge in [0.05, 0.1) is 5.75 Å². The van der Waals surface area contributed by atoms with E-state index in [1.54, 1.807) is 24.3 Å². The number of carboxylic acid groups (broad SMARTS) is 1. The van der Waals surface area contributed by atoms with Crippen LogP contribution in [0.2, 0.25) is 0 Å². The Morgan fingerprint density at radius 3 is 2.35 bits per heavy atom. The number of benzene rings is 1. The fourth-order valence-electron chi connectivity index (χ4n) is 2.07. The van der Waals surface area contributed by atoms with Gasteiger partial charge in [-0.15, -0.1) is 0 Å². The van der Waals surface area contributed by atoms with Gasteiger partial charge in [-0.1, -0.05) is 37.1 Å². The van der Waals surface area contributed by atoms with Gasteiger partial charge in [-0.2, -0.15) is 0 Å². The third-order valence-corrected chi connectivity index (χ3v) is 4.80. The highest BCUT2D eigenvalue weighted by molar-refractivity contribution is 7.89. The van der Waals surface area contributed by atoms with Gasteiger partial charge >= 0.3 is 5.97 Å². The third kappa shape index (κ3) is 9.10. The molecular weight excluding hydrogens is 318 g/mol. The fraction of sp³-hybridized carbons (Fsp3) is 0.500. The molecule has 0 unspecified atom stereocenters. The van der Waals surface area contributed by atoms with E-state index in [9.17, 15) is 18.0 Å². The molecule has 0 spiro atoms. The van der Waals surface area contributed by atoms with Crippen molar-refractivity contribution in [2.24, 2.45) is 0 Å². The summed E-state index contributed by atoms with van der Waals surface area (Å²) in [5.74, 6) is -0.793. The lowest BCUT2D eigenvalue weighted by Gasteiger charge is -2.07. The predicted octanol–water partition coefficient (Wildman–Crippen LogP) is 2.00. The molecule has 0 aliphatic carbocycles. The molecule has 1 rings (SSSR count). The second kappa shape index (κ2) is 10.1. The average Bonchev–Trinajstić information content (AvgIpc) is 2.52. The monoisotopic (exact) mass is 341 g/mol. The normalized spacial score (nSPS) is 11.3. The highest BCUT2D eigenvalue weighted by Crippen LogP contribution is 2.05. The Bertz CT molecular complexity index is 595. The second-order valence-electron chi connectivity index (χ2n) is 5.38. The molecule has 2 N–H and O–H groups in total. The van der Waals surface area contributed by atoms with Crippen molar-refractivity contribution in [2.45, 2.75) is 38.5 Å². The molecule has 7 heteroatoms. The van der Waals surface area contributed by atoms with Crippen LogP contribution in [0, 0.1) is 0 Å². The number of unbranched alkanes of at least 4 members (excludes halogenated alkanes) is 3. The molecule has 0 saturated heterocycles. The smallest absolute Gasteiger partial charge is 0.303 e. The lowest BCUT2D eigenvalue weighted by molar-refractivity contribution is -0.137. The summed E-state index contributed by atoms with van der Waals surface area (Å²) in [7, 11) is -3.32. The summed E-state index contributed by atoms with van der Waals surface area (Å²) in [6.07, 6.45) is 4.23. The van der Waals surface area contributed by atoms with E-state index in [1.165, 1.54) is 0 Å². The molecule has 0 fully saturated rings. The van der Waals surface area contributed by atoms with Gasteiger partial charge in [0, 0.05) is 18.5 Å². The molecule has 0 aromatic heterocycles. The number of sulfonamides is 1. The van der Waals surface area contributed by atoms with Crippen LogP contribution in [-0.2, 0) is 21.2 Å². The van der Waals surface area contributed by atoms with Crippen molar-refractivity contribution in [3.63, 3.8) is 0 Å². The van der Waals surface area contributed by atoms with Crippen LogP contribution in [0.3, 0.4) is 0 Å². The van der Waals surface area contributed by atoms with E-state index in [2.05, 4.69) is 4.72 Å². The van der Waals surface area contributed by atoms with Crippen LogP contribution in [0.1, 0.15) is 48.0 Å². The first kappa shape index (κ1) is 19.3. The van der Waals surface area contributed by atoms with Crippen LogP contribution in [0.4, 0.5) is 0 Å². The predicted molar refractivity (Wildman–Crippen MR) is 88.0 cm³/mol. The molecule has 0 heterocycles. The summed E-state index contributed by atoms with van der Waals surface area (Å²) in [6.45, 7) is 0.374. The molecule has 6 nitrogen and oxygen atoms in total. The van der Waals surface area contributed by atoms with Gasteiger partial charge in [-0.05, 0) is 24.8 Å². The van der Waals surface area contributed by atoms with Gasteiger partial charge in [0.15, 0.2) is 0 Å². The number of hydrogen-bond donors (Lipinski definition) is 2. The summed E-state index contributed by atoms with van der Waals surface area (Å²) in [6, 6.07) is 6.84. The third-order valence-electron chi connectivity index (χ3n) is 3.41. The zero-order valence-corrected chi connectivity index (χ0v) is 13.8. The van der Waals surface area contributed by atoms with Crippen LogP contribution in [0.5, 0.6) is 0 Å². The Morgan fingerprint density at radius 1 is 1.09 bits per heavy atom. The maximum absolute atomic E-state index is 11.9. The minimum Gasteiger partial charge on any atom is -0.481 e. The molecule has 0 aliphatic heterocycles. The molecule has 0 bridgehead atoms. The number of aliphatic carboxylic acids is 1. The summed E-state index contributed by atoms with van der Waals surface area (Å²) in [5, 5.41) is 8.50. The standard InChI is InChI=1S/C16H23NO5S/c18-13-15-8-6-14(7-9-15)10-12-23(21,22)17-11-4-2-1-3-5-16(19)20/h6-9,13,17H,1-5,10-12H2,(H,19,20). The van der Waals surface area contributed by atoms with Crippen LogP contribution in [0.15, 0.2) is 24.3 Å². The van der Waals surface area contributed by atoms with E-state index in [4.69, 9.17) is 5.11 Å². The molecule has 1 aromatic carbocycles. The Morgan fingerprint density at radius 2 is 1.74 bits per heavy atom. The molecule has 0 saturated carbocycles. The van der Waals surface area contributed by atoms with E-state index in [0.717, 1.165) is 24.7 Å². The van der Waals surface area contributed by atoms with Gasteiger partial charge in [0.2, 0.25) is 10.0 Å². The van der Waals surface area contributed by atoms with Crippen molar-refractivity contribution in [1.29, 1.82) is 0 Å². The largest absolute Gasteiger partial charge is 0.481 e. The van der Waals surface area contributed by atoms with E-state index < -0.39 is 16.0 Å². The number of aldehydes is 1. The Balaban J connectivity index is 2.19. The maximum atomic E-state index is 11.9. The van der Waals surface area contributed by atoms with E-state index in [0.29, 0.717) is 31.4 Å². The highest BCUT2D eigenvalue weighted by Gasteiger charge is 2.09. The van der Waals surface area contributed by atoms with Crippen molar-refractivity contribution in [2.75, 3.05) is 12.3 Å². The van der Waals surface area contributed by atoms with Crippen molar-refractivity contribution in [3.8, 4) is 0 Å². The zero-order chi connectivity index (χ0) is 17.1. The number of carbonyl (C=O) groups excluding carboxylic acids is 1. The van der Waals surface area contributed by atoms with Crippen molar-refractivity contribution in [3.05, 3.63) is 35.4 Å². The highest BCUT2D eigenvalue weighted by atomic mass is 32.2. The summed E-state index contributed by atoms with van der Waals surface area (Å²) < 4.78 is 26.3. The van der Waals surface area contributed by atoms with E-state index >= 15 is 0 Å². The first-order valence-electron chi connectivity index (χ1n) is 7.66. The van der Waals surface area contributed by atoms with Gasteiger partial charge in [-0.25, -0.2) is 13.1 Å². The molecule has 0 radical (unpaired) electrons. The Kier molecular flexibility index (Phi) is 8.50. The first-order valence-corrected chi connectivity index (χ1v) is 9.31. The number of hydrogen-bond acceptors (Lipinski definition) is 4. The van der Waals surface area contributed by atoms with Gasteiger partial charge in [0.25, 0.3) is 0 Å². The number of aryl methyl sites for hydroxylation is 1. The lowest BCUT2D eigenvalue weighted by Crippen LogP contribution is -2.28. The number of carboxylic acids is 1. The summed E-state index contributed by atoms with van der Waals surface area (Å²) in [4.78, 5) is 20.9. The zero-order valence-electron chi connectivity index (χ0n) is 13.0. The minimum atomic E-state index is -3.32. The molecule has 23 heavy (non-hydrogen) atoms. The van der Waals surface area contributed by atoms with Gasteiger partial charge in [0.1, 0.15) is 6.29 Å². The van der Waals surface area contributed by atoms with E-state index in [-0.39, 0.29) is 12.2 Å². The molecular formula is C16H23NO5S. The molecule has 0 amide bonds. The second-order valence-corrected chi connectivity index (χ2v) is 7.31. The van der Waals surface area contributed by atoms with E-state index in [1.807, 2.05) is 0 Å². The molecule has 128 valence electrons. The number of rotatable bonds is 12. The average molecular weight is 341 g/mol. The molecule has 0 atom stereocenters. The molecule has 1 aromatic rings. The molecule has 0 aliphatic rings. The van der Waals surface area contributed by atoms with Crippen LogP contribution in [-0.4, -0.2) is 38.1 Å². The summed E-state index contributed by atoms with van der Waals surface area (Å²) >= 11 is 0. The van der Waals surface area contributed by atoms with Crippen molar-refractivity contribution >= 4 is 22.3 Å². The maximum Gasteiger partial charge on any atom is 0.303 e. The SMILES string of the molecule is O=Cc1ccc(CCS(=O)(=O)NCCCCCCC(=O)O)cc1. The van der Waals surface area contributed by atoms with Crippen LogP contribution < -0.4 is 4.72 Å². The first-order chi connectivity index (χ1) is 10.9. The van der Waals surface area contributed by atoms with Crippen LogP contribution in [0.25, 0.3) is 0 Å². The van der Waals surface area contributed by atoms with Crippen LogP contribution >= 0.6 is 0 Å². The quantitative estimate of drug-likeness (QED) is 0.447. The number of nitrogens with one attached hydrogen (secondary N) is 1.